The van der Waals surface area contributed by atoms with Gasteiger partial charge in [0.05, 0.1) is 17.9 Å². The van der Waals surface area contributed by atoms with Crippen LogP contribution >= 0.6 is 0 Å². The third-order valence-corrected chi connectivity index (χ3v) is 2.61. The molecule has 1 rings (SSSR count). The van der Waals surface area contributed by atoms with Crippen LogP contribution in [0.15, 0.2) is 0 Å². The van der Waals surface area contributed by atoms with Crippen LogP contribution in [0.25, 0.3) is 0 Å². The summed E-state index contributed by atoms with van der Waals surface area (Å²) >= 11 is 0. The van der Waals surface area contributed by atoms with E-state index < -0.39 is 5.97 Å². The second-order valence-corrected chi connectivity index (χ2v) is 3.97. The molecular formula is C10H16N2O2. The predicted molar refractivity (Wildman–Crippen MR) is 51.6 cm³/mol. The Morgan fingerprint density at radius 1 is 1.79 bits per heavy atom. The smallest absolute Gasteiger partial charge is 0.307 e. The molecule has 0 saturated carbocycles. The van der Waals surface area contributed by atoms with Crippen molar-refractivity contribution in [3.63, 3.8) is 0 Å². The summed E-state index contributed by atoms with van der Waals surface area (Å²) in [4.78, 5) is 12.8. The first-order chi connectivity index (χ1) is 6.63. The Morgan fingerprint density at radius 2 is 2.50 bits per heavy atom. The standard InChI is InChI=1S/C10H16N2O2/c1-8(5-11)6-12-4-2-3-9(7-12)10(13)14/h8-9H,2-4,6-7H2,1H3,(H,13,14)/t8-,9-/m0/s1. The Labute approximate surface area is 84.1 Å². The molecule has 2 atom stereocenters. The van der Waals surface area contributed by atoms with E-state index in [-0.39, 0.29) is 11.8 Å². The molecule has 0 bridgehead atoms. The first-order valence-corrected chi connectivity index (χ1v) is 4.98. The summed E-state index contributed by atoms with van der Waals surface area (Å²) in [6.45, 7) is 4.09. The van der Waals surface area contributed by atoms with Crippen LogP contribution in [-0.4, -0.2) is 35.6 Å². The van der Waals surface area contributed by atoms with Gasteiger partial charge in [-0.2, -0.15) is 5.26 Å². The zero-order valence-corrected chi connectivity index (χ0v) is 8.44. The molecule has 0 amide bonds. The molecule has 78 valence electrons. The number of nitriles is 1. The van der Waals surface area contributed by atoms with Gasteiger partial charge < -0.3 is 10.0 Å². The van der Waals surface area contributed by atoms with Crippen LogP contribution in [0, 0.1) is 23.2 Å². The van der Waals surface area contributed by atoms with Gasteiger partial charge in [0.2, 0.25) is 0 Å². The van der Waals surface area contributed by atoms with E-state index in [1.165, 1.54) is 0 Å². The number of carbonyl (C=O) groups is 1. The van der Waals surface area contributed by atoms with Gasteiger partial charge in [-0.3, -0.25) is 4.79 Å². The molecular weight excluding hydrogens is 180 g/mol. The van der Waals surface area contributed by atoms with Gasteiger partial charge in [-0.05, 0) is 26.3 Å². The van der Waals surface area contributed by atoms with Crippen molar-refractivity contribution in [3.05, 3.63) is 0 Å². The Bertz CT molecular complexity index is 247. The van der Waals surface area contributed by atoms with Gasteiger partial charge in [0, 0.05) is 13.1 Å². The summed E-state index contributed by atoms with van der Waals surface area (Å²) in [5, 5.41) is 17.5. The first kappa shape index (κ1) is 11.0. The van der Waals surface area contributed by atoms with E-state index in [1.807, 2.05) is 6.92 Å². The number of hydrogen-bond donors (Lipinski definition) is 1. The number of nitrogens with zero attached hydrogens (tertiary/aromatic N) is 2. The van der Waals surface area contributed by atoms with Gasteiger partial charge in [0.15, 0.2) is 0 Å². The number of carboxylic acids is 1. The van der Waals surface area contributed by atoms with Gasteiger partial charge in [-0.1, -0.05) is 0 Å². The largest absolute Gasteiger partial charge is 0.481 e. The van der Waals surface area contributed by atoms with Crippen LogP contribution in [0.1, 0.15) is 19.8 Å². The van der Waals surface area contributed by atoms with Crippen molar-refractivity contribution in [2.75, 3.05) is 19.6 Å². The van der Waals surface area contributed by atoms with E-state index >= 15 is 0 Å². The summed E-state index contributed by atoms with van der Waals surface area (Å²) in [7, 11) is 0. The quantitative estimate of drug-likeness (QED) is 0.729. The number of likely N-dealkylation sites (tertiary alicyclic amines) is 1. The van der Waals surface area contributed by atoms with E-state index in [2.05, 4.69) is 11.0 Å². The van der Waals surface area contributed by atoms with Crippen LogP contribution in [0.2, 0.25) is 0 Å². The van der Waals surface area contributed by atoms with Crippen molar-refractivity contribution in [1.82, 2.24) is 4.90 Å². The zero-order valence-electron chi connectivity index (χ0n) is 8.44. The van der Waals surface area contributed by atoms with Crippen molar-refractivity contribution >= 4 is 5.97 Å². The highest BCUT2D eigenvalue weighted by Crippen LogP contribution is 2.17. The second kappa shape index (κ2) is 4.97. The van der Waals surface area contributed by atoms with Crippen LogP contribution in [-0.2, 0) is 4.79 Å². The summed E-state index contributed by atoms with van der Waals surface area (Å²) in [5.74, 6) is -0.962. The SMILES string of the molecule is C[C@@H](C#N)CN1CCC[C@H](C(=O)O)C1. The molecule has 0 aliphatic carbocycles. The minimum absolute atomic E-state index is 0.0115. The molecule has 0 aromatic carbocycles. The fourth-order valence-corrected chi connectivity index (χ4v) is 1.85. The molecule has 0 spiro atoms. The minimum atomic E-state index is -0.709. The molecule has 1 aliphatic heterocycles. The first-order valence-electron chi connectivity index (χ1n) is 4.98. The van der Waals surface area contributed by atoms with E-state index in [0.29, 0.717) is 13.1 Å². The lowest BCUT2D eigenvalue weighted by Crippen LogP contribution is -2.40. The molecule has 4 nitrogen and oxygen atoms in total. The fraction of sp³-hybridized carbons (Fsp3) is 0.800. The average Bonchev–Trinajstić information content (AvgIpc) is 2.18. The maximum absolute atomic E-state index is 10.8. The molecule has 0 unspecified atom stereocenters. The minimum Gasteiger partial charge on any atom is -0.481 e. The molecule has 1 saturated heterocycles. The molecule has 1 fully saturated rings. The Hall–Kier alpha value is -1.08. The van der Waals surface area contributed by atoms with Gasteiger partial charge in [-0.25, -0.2) is 0 Å². The number of aliphatic carboxylic acids is 1. The van der Waals surface area contributed by atoms with Crippen LogP contribution < -0.4 is 0 Å². The number of carboxylic acid groups (broad SMARTS) is 1. The van der Waals surface area contributed by atoms with Gasteiger partial charge in [0.1, 0.15) is 0 Å². The number of piperidine rings is 1. The molecule has 0 aromatic rings. The van der Waals surface area contributed by atoms with Crippen LogP contribution in [0.4, 0.5) is 0 Å². The maximum Gasteiger partial charge on any atom is 0.307 e. The predicted octanol–water partition coefficient (Wildman–Crippen LogP) is 0.943. The van der Waals surface area contributed by atoms with Gasteiger partial charge >= 0.3 is 5.97 Å². The van der Waals surface area contributed by atoms with Crippen molar-refractivity contribution in [2.24, 2.45) is 11.8 Å². The van der Waals surface area contributed by atoms with Crippen molar-refractivity contribution in [2.45, 2.75) is 19.8 Å². The topological polar surface area (TPSA) is 64.3 Å². The van der Waals surface area contributed by atoms with Gasteiger partial charge in [0.25, 0.3) is 0 Å². The third-order valence-electron chi connectivity index (χ3n) is 2.61. The van der Waals surface area contributed by atoms with Crippen molar-refractivity contribution < 1.29 is 9.90 Å². The summed E-state index contributed by atoms with van der Waals surface area (Å²) < 4.78 is 0. The zero-order chi connectivity index (χ0) is 10.6. The molecule has 14 heavy (non-hydrogen) atoms. The fourth-order valence-electron chi connectivity index (χ4n) is 1.85. The highest BCUT2D eigenvalue weighted by atomic mass is 16.4. The van der Waals surface area contributed by atoms with Crippen molar-refractivity contribution in [3.8, 4) is 6.07 Å². The van der Waals surface area contributed by atoms with E-state index in [4.69, 9.17) is 10.4 Å². The molecule has 0 aromatic heterocycles. The lowest BCUT2D eigenvalue weighted by Gasteiger charge is -2.31. The number of rotatable bonds is 3. The molecule has 4 heteroatoms. The molecule has 1 N–H and O–H groups in total. The molecule has 1 aliphatic rings. The highest BCUT2D eigenvalue weighted by molar-refractivity contribution is 5.70. The summed E-state index contributed by atoms with van der Waals surface area (Å²) in [5.41, 5.74) is 0. The second-order valence-electron chi connectivity index (χ2n) is 3.97. The van der Waals surface area contributed by atoms with E-state index in [9.17, 15) is 4.79 Å². The third kappa shape index (κ3) is 3.00. The maximum atomic E-state index is 10.8. The average molecular weight is 196 g/mol. The molecule has 0 radical (unpaired) electrons. The lowest BCUT2D eigenvalue weighted by molar-refractivity contribution is -0.143. The van der Waals surface area contributed by atoms with Crippen LogP contribution in [0.3, 0.4) is 0 Å². The van der Waals surface area contributed by atoms with E-state index in [1.54, 1.807) is 0 Å². The van der Waals surface area contributed by atoms with Crippen LogP contribution in [0.5, 0.6) is 0 Å². The van der Waals surface area contributed by atoms with Gasteiger partial charge in [-0.15, -0.1) is 0 Å². The summed E-state index contributed by atoms with van der Waals surface area (Å²) in [6, 6.07) is 2.17. The normalized spacial score (nSPS) is 25.3. The van der Waals surface area contributed by atoms with Crippen molar-refractivity contribution in [1.29, 1.82) is 5.26 Å². The highest BCUT2D eigenvalue weighted by Gasteiger charge is 2.25. The molecule has 1 heterocycles. The number of hydrogen-bond acceptors (Lipinski definition) is 3. The van der Waals surface area contributed by atoms with E-state index in [0.717, 1.165) is 19.4 Å². The Morgan fingerprint density at radius 3 is 3.07 bits per heavy atom. The monoisotopic (exact) mass is 196 g/mol. The Kier molecular flexibility index (Phi) is 3.90. The Balaban J connectivity index is 2.41. The summed E-state index contributed by atoms with van der Waals surface area (Å²) in [6.07, 6.45) is 1.70. The lowest BCUT2D eigenvalue weighted by atomic mass is 9.97.